The fourth-order valence-corrected chi connectivity index (χ4v) is 1.84. The summed E-state index contributed by atoms with van der Waals surface area (Å²) in [7, 11) is 0. The highest BCUT2D eigenvalue weighted by molar-refractivity contribution is 5.03. The number of imidazole rings is 1. The Balaban J connectivity index is 1.87. The number of aliphatic hydroxyl groups is 1. The van der Waals surface area contributed by atoms with Gasteiger partial charge in [-0.25, -0.2) is 4.98 Å². The number of hydrogen-bond donors (Lipinski definition) is 3. The molecule has 1 aliphatic rings. The van der Waals surface area contributed by atoms with Crippen molar-refractivity contribution in [1.82, 2.24) is 15.3 Å². The van der Waals surface area contributed by atoms with Crippen LogP contribution in [0.2, 0.25) is 0 Å². The summed E-state index contributed by atoms with van der Waals surface area (Å²) >= 11 is 0. The predicted octanol–water partition coefficient (Wildman–Crippen LogP) is 0.723. The molecule has 0 aliphatic heterocycles. The van der Waals surface area contributed by atoms with E-state index in [-0.39, 0.29) is 12.1 Å². The average molecular weight is 195 g/mol. The Labute approximate surface area is 83.8 Å². The van der Waals surface area contributed by atoms with Crippen molar-refractivity contribution in [1.29, 1.82) is 0 Å². The van der Waals surface area contributed by atoms with Crippen molar-refractivity contribution >= 4 is 0 Å². The largest absolute Gasteiger partial charge is 0.394 e. The molecule has 2 rings (SSSR count). The lowest BCUT2D eigenvalue weighted by Crippen LogP contribution is -2.53. The molecular formula is C10H17N3O. The normalized spacial score (nSPS) is 19.3. The Kier molecular flexibility index (Phi) is 2.56. The van der Waals surface area contributed by atoms with Crippen LogP contribution in [-0.4, -0.2) is 27.2 Å². The molecule has 0 amide bonds. The van der Waals surface area contributed by atoms with Crippen LogP contribution in [0.3, 0.4) is 0 Å². The van der Waals surface area contributed by atoms with E-state index in [9.17, 15) is 5.11 Å². The minimum Gasteiger partial charge on any atom is -0.394 e. The van der Waals surface area contributed by atoms with Crippen LogP contribution in [0.25, 0.3) is 0 Å². The first-order valence-corrected chi connectivity index (χ1v) is 5.10. The molecule has 0 aromatic carbocycles. The lowest BCUT2D eigenvalue weighted by atomic mass is 9.77. The van der Waals surface area contributed by atoms with Gasteiger partial charge in [0.25, 0.3) is 0 Å². The van der Waals surface area contributed by atoms with Gasteiger partial charge in [0.05, 0.1) is 6.61 Å². The molecule has 4 heteroatoms. The van der Waals surface area contributed by atoms with Crippen LogP contribution in [0, 0.1) is 6.92 Å². The van der Waals surface area contributed by atoms with Crippen molar-refractivity contribution in [3.05, 3.63) is 17.7 Å². The van der Waals surface area contributed by atoms with Gasteiger partial charge in [0.15, 0.2) is 0 Å². The third-order valence-electron chi connectivity index (χ3n) is 3.02. The van der Waals surface area contributed by atoms with Crippen LogP contribution in [0.1, 0.15) is 30.8 Å². The summed E-state index contributed by atoms with van der Waals surface area (Å²) < 4.78 is 0. The number of aromatic amines is 1. The van der Waals surface area contributed by atoms with Gasteiger partial charge in [-0.05, 0) is 26.2 Å². The van der Waals surface area contributed by atoms with Crippen LogP contribution >= 0.6 is 0 Å². The second kappa shape index (κ2) is 3.71. The summed E-state index contributed by atoms with van der Waals surface area (Å²) in [6, 6.07) is 0. The number of nitrogens with one attached hydrogen (secondary N) is 2. The van der Waals surface area contributed by atoms with Gasteiger partial charge in [0, 0.05) is 24.0 Å². The molecule has 4 nitrogen and oxygen atoms in total. The maximum absolute atomic E-state index is 9.23. The van der Waals surface area contributed by atoms with E-state index in [0.717, 1.165) is 30.9 Å². The molecule has 0 saturated heterocycles. The fraction of sp³-hybridized carbons (Fsp3) is 0.700. The van der Waals surface area contributed by atoms with Crippen LogP contribution in [0.4, 0.5) is 0 Å². The van der Waals surface area contributed by atoms with E-state index >= 15 is 0 Å². The van der Waals surface area contributed by atoms with Gasteiger partial charge in [-0.15, -0.1) is 0 Å². The summed E-state index contributed by atoms with van der Waals surface area (Å²) in [4.78, 5) is 7.29. The molecular weight excluding hydrogens is 178 g/mol. The number of rotatable bonds is 4. The molecule has 0 radical (unpaired) electrons. The number of H-pyrrole nitrogens is 1. The zero-order valence-electron chi connectivity index (χ0n) is 8.51. The fourth-order valence-electron chi connectivity index (χ4n) is 1.84. The molecule has 3 N–H and O–H groups in total. The van der Waals surface area contributed by atoms with Gasteiger partial charge in [0.2, 0.25) is 0 Å². The molecule has 1 aromatic heterocycles. The summed E-state index contributed by atoms with van der Waals surface area (Å²) in [5, 5.41) is 12.6. The molecule has 0 bridgehead atoms. The summed E-state index contributed by atoms with van der Waals surface area (Å²) in [5.41, 5.74) is 1.07. The highest BCUT2D eigenvalue weighted by Crippen LogP contribution is 2.31. The lowest BCUT2D eigenvalue weighted by Gasteiger charge is -2.41. The van der Waals surface area contributed by atoms with Crippen LogP contribution < -0.4 is 5.32 Å². The van der Waals surface area contributed by atoms with Crippen LogP contribution in [-0.2, 0) is 6.54 Å². The zero-order valence-corrected chi connectivity index (χ0v) is 8.51. The summed E-state index contributed by atoms with van der Waals surface area (Å²) in [6.07, 6.45) is 5.22. The number of aliphatic hydroxyl groups excluding tert-OH is 1. The molecule has 0 spiro atoms. The van der Waals surface area contributed by atoms with Gasteiger partial charge in [-0.3, -0.25) is 0 Å². The smallest absolute Gasteiger partial charge is 0.103 e. The summed E-state index contributed by atoms with van der Waals surface area (Å²) in [5.74, 6) is 0.938. The van der Waals surface area contributed by atoms with Gasteiger partial charge in [-0.2, -0.15) is 0 Å². The van der Waals surface area contributed by atoms with Crippen LogP contribution in [0.15, 0.2) is 6.20 Å². The van der Waals surface area contributed by atoms with Gasteiger partial charge < -0.3 is 15.4 Å². The van der Waals surface area contributed by atoms with E-state index in [4.69, 9.17) is 0 Å². The molecule has 1 aliphatic carbocycles. The second-order valence-corrected chi connectivity index (χ2v) is 4.14. The maximum Gasteiger partial charge on any atom is 0.103 e. The SMILES string of the molecule is Cc1ncc(CNC2(CO)CCC2)[nH]1. The molecule has 14 heavy (non-hydrogen) atoms. The average Bonchev–Trinajstić information content (AvgIpc) is 2.50. The molecule has 1 aromatic rings. The van der Waals surface area contributed by atoms with Crippen LogP contribution in [0.5, 0.6) is 0 Å². The second-order valence-electron chi connectivity index (χ2n) is 4.14. The first-order valence-electron chi connectivity index (χ1n) is 5.10. The van der Waals surface area contributed by atoms with Crippen molar-refractivity contribution in [2.24, 2.45) is 0 Å². The van der Waals surface area contributed by atoms with Gasteiger partial charge in [0.1, 0.15) is 5.82 Å². The van der Waals surface area contributed by atoms with Crippen molar-refractivity contribution < 1.29 is 5.11 Å². The lowest BCUT2D eigenvalue weighted by molar-refractivity contribution is 0.0869. The van der Waals surface area contributed by atoms with Crippen molar-refractivity contribution in [3.63, 3.8) is 0 Å². The van der Waals surface area contributed by atoms with Crippen molar-refractivity contribution in [2.45, 2.75) is 38.3 Å². The number of hydrogen-bond acceptors (Lipinski definition) is 3. The standard InChI is InChI=1S/C10H17N3O/c1-8-11-5-9(13-8)6-12-10(7-14)3-2-4-10/h5,12,14H,2-4,6-7H2,1H3,(H,11,13). The quantitative estimate of drug-likeness (QED) is 0.663. The Morgan fingerprint density at radius 2 is 2.43 bits per heavy atom. The Morgan fingerprint density at radius 3 is 2.86 bits per heavy atom. The minimum atomic E-state index is -0.0149. The van der Waals surface area contributed by atoms with E-state index in [0.29, 0.717) is 0 Å². The van der Waals surface area contributed by atoms with Crippen molar-refractivity contribution in [3.8, 4) is 0 Å². The van der Waals surface area contributed by atoms with Gasteiger partial charge >= 0.3 is 0 Å². The van der Waals surface area contributed by atoms with E-state index in [1.807, 2.05) is 13.1 Å². The maximum atomic E-state index is 9.23. The number of aromatic nitrogens is 2. The van der Waals surface area contributed by atoms with Crippen molar-refractivity contribution in [2.75, 3.05) is 6.61 Å². The highest BCUT2D eigenvalue weighted by atomic mass is 16.3. The zero-order chi connectivity index (χ0) is 10.0. The predicted molar refractivity (Wildman–Crippen MR) is 53.8 cm³/mol. The van der Waals surface area contributed by atoms with E-state index < -0.39 is 0 Å². The Hall–Kier alpha value is -0.870. The van der Waals surface area contributed by atoms with E-state index in [2.05, 4.69) is 15.3 Å². The molecule has 0 atom stereocenters. The first kappa shape index (κ1) is 9.68. The molecule has 1 fully saturated rings. The molecule has 1 heterocycles. The third-order valence-corrected chi connectivity index (χ3v) is 3.02. The third kappa shape index (κ3) is 1.81. The first-order chi connectivity index (χ1) is 6.74. The monoisotopic (exact) mass is 195 g/mol. The molecule has 1 saturated carbocycles. The number of aryl methyl sites for hydroxylation is 1. The minimum absolute atomic E-state index is 0.0149. The van der Waals surface area contributed by atoms with E-state index in [1.165, 1.54) is 6.42 Å². The highest BCUT2D eigenvalue weighted by Gasteiger charge is 2.35. The van der Waals surface area contributed by atoms with E-state index in [1.54, 1.807) is 0 Å². The molecule has 0 unspecified atom stereocenters. The summed E-state index contributed by atoms with van der Waals surface area (Å²) in [6.45, 7) is 2.94. The molecule has 78 valence electrons. The topological polar surface area (TPSA) is 60.9 Å². The Morgan fingerprint density at radius 1 is 1.64 bits per heavy atom. The van der Waals surface area contributed by atoms with Gasteiger partial charge in [-0.1, -0.05) is 0 Å². The Bertz CT molecular complexity index is 299. The number of nitrogens with zero attached hydrogens (tertiary/aromatic N) is 1.